The highest BCUT2D eigenvalue weighted by Crippen LogP contribution is 2.41. The molecule has 0 aromatic heterocycles. The molecule has 7 heteroatoms. The van der Waals surface area contributed by atoms with Crippen molar-refractivity contribution < 1.29 is 19.2 Å². The van der Waals surface area contributed by atoms with Gasteiger partial charge in [-0.3, -0.25) is 9.79 Å². The van der Waals surface area contributed by atoms with Crippen LogP contribution in [0, 0.1) is 11.8 Å². The molecule has 168 valence electrons. The smallest absolute Gasteiger partial charge is 0.306 e. The summed E-state index contributed by atoms with van der Waals surface area (Å²) in [5.74, 6) is 7.52. The predicted molar refractivity (Wildman–Crippen MR) is 126 cm³/mol. The molecular weight excluding hydrogens is 416 g/mol. The molecule has 7 nitrogen and oxygen atoms in total. The molecule has 5 rings (SSSR count). The van der Waals surface area contributed by atoms with E-state index in [1.807, 2.05) is 60.8 Å². The fraction of sp³-hybridized carbons (Fsp3) is 0.269. The van der Waals surface area contributed by atoms with Gasteiger partial charge >= 0.3 is 5.97 Å². The minimum Gasteiger partial charge on any atom is -0.489 e. The molecule has 2 aliphatic heterocycles. The van der Waals surface area contributed by atoms with Gasteiger partial charge in [0.1, 0.15) is 24.3 Å². The lowest BCUT2D eigenvalue weighted by atomic mass is 9.80. The first-order chi connectivity index (χ1) is 16.0. The maximum absolute atomic E-state index is 11.4. The van der Waals surface area contributed by atoms with Crippen LogP contribution in [0.15, 0.2) is 88.4 Å². The van der Waals surface area contributed by atoms with E-state index in [1.165, 1.54) is 0 Å². The summed E-state index contributed by atoms with van der Waals surface area (Å²) in [6, 6.07) is 17.9. The van der Waals surface area contributed by atoms with Gasteiger partial charge in [0, 0.05) is 5.92 Å². The Morgan fingerprint density at radius 1 is 1.09 bits per heavy atom. The van der Waals surface area contributed by atoms with E-state index in [-0.39, 0.29) is 16.4 Å². The Morgan fingerprint density at radius 2 is 1.88 bits per heavy atom. The summed E-state index contributed by atoms with van der Waals surface area (Å²) in [7, 11) is 0. The zero-order valence-corrected chi connectivity index (χ0v) is 18.3. The van der Waals surface area contributed by atoms with Gasteiger partial charge in [0.05, 0.1) is 23.9 Å². The summed E-state index contributed by atoms with van der Waals surface area (Å²) in [5, 5.41) is 9.35. The largest absolute Gasteiger partial charge is 0.489 e. The van der Waals surface area contributed by atoms with E-state index >= 15 is 0 Å². The van der Waals surface area contributed by atoms with Gasteiger partial charge < -0.3 is 9.84 Å². The van der Waals surface area contributed by atoms with Crippen LogP contribution in [0.3, 0.4) is 0 Å². The van der Waals surface area contributed by atoms with Crippen LogP contribution in [0.25, 0.3) is 0 Å². The van der Waals surface area contributed by atoms with E-state index in [0.717, 1.165) is 41.1 Å². The zero-order valence-electron chi connectivity index (χ0n) is 18.3. The quantitative estimate of drug-likeness (QED) is 0.512. The number of ether oxygens (including phenoxy) is 1. The van der Waals surface area contributed by atoms with Crippen LogP contribution in [0.2, 0.25) is 0 Å². The van der Waals surface area contributed by atoms with Crippen LogP contribution in [-0.4, -0.2) is 27.7 Å². The van der Waals surface area contributed by atoms with Gasteiger partial charge in [-0.05, 0) is 49.4 Å². The number of quaternary nitrogens is 1. The third-order valence-corrected chi connectivity index (χ3v) is 6.63. The summed E-state index contributed by atoms with van der Waals surface area (Å²) >= 11 is 0. The van der Waals surface area contributed by atoms with Crippen molar-refractivity contribution in [2.24, 2.45) is 27.7 Å². The number of carbonyl (C=O) groups is 1. The van der Waals surface area contributed by atoms with Gasteiger partial charge in [-0.1, -0.05) is 36.4 Å². The summed E-state index contributed by atoms with van der Waals surface area (Å²) in [4.78, 5) is 20.7. The van der Waals surface area contributed by atoms with Gasteiger partial charge in [-0.15, -0.1) is 4.59 Å². The van der Waals surface area contributed by atoms with Crippen LogP contribution in [-0.2, 0) is 11.4 Å². The van der Waals surface area contributed by atoms with E-state index in [4.69, 9.17) is 15.6 Å². The van der Waals surface area contributed by atoms with Crippen molar-refractivity contribution in [3.8, 4) is 5.75 Å². The highest BCUT2D eigenvalue weighted by molar-refractivity contribution is 6.00. The average molecular weight is 444 g/mol. The molecule has 1 aliphatic carbocycles. The fourth-order valence-corrected chi connectivity index (χ4v) is 4.79. The number of nitrogens with two attached hydrogens (primary N) is 1. The van der Waals surface area contributed by atoms with E-state index in [0.29, 0.717) is 25.3 Å². The third kappa shape index (κ3) is 4.13. The maximum atomic E-state index is 11.4. The summed E-state index contributed by atoms with van der Waals surface area (Å²) in [5.41, 5.74) is 3.75. The number of benzene rings is 2. The number of carboxylic acid groups (broad SMARTS) is 1. The van der Waals surface area contributed by atoms with Gasteiger partial charge in [0.2, 0.25) is 5.70 Å². The molecule has 1 fully saturated rings. The summed E-state index contributed by atoms with van der Waals surface area (Å²) in [6.45, 7) is 0.480. The van der Waals surface area contributed by atoms with Crippen LogP contribution in [0.5, 0.6) is 5.75 Å². The Kier molecular flexibility index (Phi) is 5.66. The summed E-state index contributed by atoms with van der Waals surface area (Å²) < 4.78 is 5.98. The lowest BCUT2D eigenvalue weighted by molar-refractivity contribution is -0.750. The molecule has 3 aliphatic rings. The molecule has 1 unspecified atom stereocenters. The standard InChI is InChI=1S/C26H26N4O3/c27-30-14-13-28-16-23(30)24(19-9-11-20(12-10-19)26(31)32)29-25(30)21-7-4-8-22(15-21)33-17-18-5-2-1-3-6-18/h1-8,13-16,19-20H,9-12,17,27H2/p+1. The second-order valence-electron chi connectivity index (χ2n) is 8.75. The van der Waals surface area contributed by atoms with Gasteiger partial charge in [-0.2, -0.15) is 10.8 Å². The van der Waals surface area contributed by atoms with Crippen LogP contribution in [0.4, 0.5) is 0 Å². The van der Waals surface area contributed by atoms with Gasteiger partial charge in [0.15, 0.2) is 0 Å². The topological polar surface area (TPSA) is 97.3 Å². The number of hydrogen-bond acceptors (Lipinski definition) is 5. The molecule has 0 spiro atoms. The third-order valence-electron chi connectivity index (χ3n) is 6.63. The van der Waals surface area contributed by atoms with Crippen molar-refractivity contribution in [1.29, 1.82) is 0 Å². The Hall–Kier alpha value is -3.55. The molecule has 33 heavy (non-hydrogen) atoms. The van der Waals surface area contributed by atoms with E-state index in [9.17, 15) is 9.90 Å². The monoisotopic (exact) mass is 443 g/mol. The molecule has 2 aromatic rings. The lowest BCUT2D eigenvalue weighted by Gasteiger charge is -2.28. The maximum Gasteiger partial charge on any atom is 0.306 e. The first-order valence-corrected chi connectivity index (χ1v) is 11.3. The number of aliphatic carboxylic acids is 1. The van der Waals surface area contributed by atoms with Crippen molar-refractivity contribution in [2.45, 2.75) is 32.3 Å². The van der Waals surface area contributed by atoms with Gasteiger partial charge in [-0.25, -0.2) is 0 Å². The molecule has 0 bridgehead atoms. The molecule has 0 amide bonds. The minimum atomic E-state index is -0.708. The Bertz CT molecular complexity index is 1180. The summed E-state index contributed by atoms with van der Waals surface area (Å²) in [6.07, 6.45) is 8.18. The first-order valence-electron chi connectivity index (χ1n) is 11.3. The first kappa shape index (κ1) is 21.3. The second kappa shape index (κ2) is 8.77. The normalized spacial score (nSPS) is 26.2. The molecule has 0 radical (unpaired) electrons. The molecule has 2 aromatic carbocycles. The van der Waals surface area contributed by atoms with Crippen molar-refractivity contribution in [3.05, 3.63) is 89.5 Å². The van der Waals surface area contributed by atoms with E-state index in [1.54, 1.807) is 12.4 Å². The molecule has 0 saturated heterocycles. The Labute approximate surface area is 192 Å². The van der Waals surface area contributed by atoms with Crippen molar-refractivity contribution >= 4 is 18.0 Å². The number of hydrogen-bond donors (Lipinski definition) is 2. The number of carboxylic acids is 1. The Morgan fingerprint density at radius 3 is 2.64 bits per heavy atom. The SMILES string of the molecule is N[N+]12C=CN=CC1=C(C1CCC(C(=O)O)CC1)N=C2c1cccc(OCc2ccccc2)c1. The van der Waals surface area contributed by atoms with Crippen molar-refractivity contribution in [3.63, 3.8) is 0 Å². The average Bonchev–Trinajstić information content (AvgIpc) is 3.16. The lowest BCUT2D eigenvalue weighted by Crippen LogP contribution is -2.53. The molecule has 1 atom stereocenters. The number of rotatable bonds is 6. The van der Waals surface area contributed by atoms with Crippen LogP contribution < -0.4 is 10.6 Å². The molecule has 1 saturated carbocycles. The fourth-order valence-electron chi connectivity index (χ4n) is 4.79. The highest BCUT2D eigenvalue weighted by Gasteiger charge is 2.46. The van der Waals surface area contributed by atoms with Crippen molar-refractivity contribution in [2.75, 3.05) is 0 Å². The zero-order chi connectivity index (χ0) is 22.8. The van der Waals surface area contributed by atoms with Crippen LogP contribution >= 0.6 is 0 Å². The van der Waals surface area contributed by atoms with E-state index in [2.05, 4.69) is 4.99 Å². The second-order valence-corrected chi connectivity index (χ2v) is 8.75. The highest BCUT2D eigenvalue weighted by atomic mass is 16.5. The van der Waals surface area contributed by atoms with Gasteiger partial charge in [0.25, 0.3) is 5.84 Å². The van der Waals surface area contributed by atoms with Crippen molar-refractivity contribution in [1.82, 2.24) is 0 Å². The van der Waals surface area contributed by atoms with E-state index < -0.39 is 5.97 Å². The number of allylic oxidation sites excluding steroid dienone is 2. The number of fused-ring (bicyclic) bond motifs is 1. The minimum absolute atomic E-state index is 0.0418. The number of aliphatic imine (C=N–C) groups is 2. The van der Waals surface area contributed by atoms with Crippen LogP contribution in [0.1, 0.15) is 36.8 Å². The predicted octanol–water partition coefficient (Wildman–Crippen LogP) is 4.37. The number of amidine groups is 1. The molecule has 2 heterocycles. The molecular formula is C26H27N4O3+. The Balaban J connectivity index is 1.41. The molecule has 3 N–H and O–H groups in total. The number of nitrogens with zero attached hydrogens (tertiary/aromatic N) is 3.